The van der Waals surface area contributed by atoms with Gasteiger partial charge in [-0.25, -0.2) is 4.98 Å². The Morgan fingerprint density at radius 3 is 2.65 bits per heavy atom. The number of esters is 2. The second kappa shape index (κ2) is 12.8. The van der Waals surface area contributed by atoms with Gasteiger partial charge in [-0.05, 0) is 25.7 Å². The second-order valence-electron chi connectivity index (χ2n) is 8.49. The van der Waals surface area contributed by atoms with Crippen molar-refractivity contribution in [2.75, 3.05) is 18.9 Å². The minimum Gasteiger partial charge on any atom is -0.465 e. The van der Waals surface area contributed by atoms with Crippen molar-refractivity contribution >= 4 is 34.8 Å². The number of H-pyrrole nitrogens is 1. The second-order valence-corrected chi connectivity index (χ2v) is 8.49. The highest BCUT2D eigenvalue weighted by atomic mass is 16.5. The number of aromatic nitrogens is 4. The number of nitrogens with one attached hydrogen (secondary N) is 1. The lowest BCUT2D eigenvalue weighted by atomic mass is 10.0. The van der Waals surface area contributed by atoms with Gasteiger partial charge in [-0.3, -0.25) is 19.4 Å². The van der Waals surface area contributed by atoms with Crippen LogP contribution in [0.25, 0.3) is 11.2 Å². The molecule has 2 aromatic heterocycles. The number of anilines is 1. The number of ketones is 1. The average molecular weight is 479 g/mol. The Kier molecular flexibility index (Phi) is 10.2. The Morgan fingerprint density at radius 2 is 1.97 bits per heavy atom. The van der Waals surface area contributed by atoms with E-state index >= 15 is 0 Å². The van der Waals surface area contributed by atoms with Crippen molar-refractivity contribution in [1.29, 1.82) is 0 Å². The molecule has 12 nitrogen and oxygen atoms in total. The first-order valence-electron chi connectivity index (χ1n) is 11.4. The molecular formula is C22H34N6O6. The number of imidazole rings is 1. The first-order chi connectivity index (χ1) is 16.1. The van der Waals surface area contributed by atoms with Gasteiger partial charge in [-0.1, -0.05) is 20.3 Å². The first kappa shape index (κ1) is 27.0. The Morgan fingerprint density at radius 1 is 1.24 bits per heavy atom. The van der Waals surface area contributed by atoms with Gasteiger partial charge >= 0.3 is 11.9 Å². The van der Waals surface area contributed by atoms with E-state index in [1.165, 1.54) is 13.3 Å². The lowest BCUT2D eigenvalue weighted by molar-refractivity contribution is -0.149. The van der Waals surface area contributed by atoms with Gasteiger partial charge in [0.15, 0.2) is 11.2 Å². The minimum absolute atomic E-state index is 0.00816. The summed E-state index contributed by atoms with van der Waals surface area (Å²) >= 11 is 0. The van der Waals surface area contributed by atoms with Gasteiger partial charge in [0.1, 0.15) is 11.8 Å². The Balaban J connectivity index is 2.05. The van der Waals surface area contributed by atoms with Gasteiger partial charge in [0.2, 0.25) is 5.95 Å². The standard InChI is InChI=1S/C22H34N6O6/c1-4-13(2)17(23)21(32)33-9-8-15(11-34-16(30)7-5-6-14(3)29)10-28-12-25-18-19(28)26-22(24)27-20(18)31/h12-13,15,17H,4-11,23H2,1-3H3,(H3,24,26,27,31)/t13-,15+,17-/m0/s1. The summed E-state index contributed by atoms with van der Waals surface area (Å²) in [7, 11) is 0. The molecule has 34 heavy (non-hydrogen) atoms. The number of nitrogens with two attached hydrogens (primary N) is 2. The van der Waals surface area contributed by atoms with Crippen molar-refractivity contribution in [3.63, 3.8) is 0 Å². The molecule has 3 atom stereocenters. The fraction of sp³-hybridized carbons (Fsp3) is 0.636. The lowest BCUT2D eigenvalue weighted by Crippen LogP contribution is -2.38. The van der Waals surface area contributed by atoms with Crippen LogP contribution in [0.15, 0.2) is 11.1 Å². The normalized spacial score (nSPS) is 13.9. The van der Waals surface area contributed by atoms with Gasteiger partial charge in [-0.15, -0.1) is 0 Å². The van der Waals surface area contributed by atoms with Crippen molar-refractivity contribution in [3.05, 3.63) is 16.7 Å². The third-order valence-corrected chi connectivity index (χ3v) is 5.64. The molecule has 0 amide bonds. The molecule has 0 aliphatic carbocycles. The molecule has 0 saturated carbocycles. The molecule has 0 radical (unpaired) electrons. The van der Waals surface area contributed by atoms with Crippen LogP contribution in [0.2, 0.25) is 0 Å². The minimum atomic E-state index is -0.709. The zero-order valence-electron chi connectivity index (χ0n) is 19.9. The highest BCUT2D eigenvalue weighted by Gasteiger charge is 2.22. The fourth-order valence-corrected chi connectivity index (χ4v) is 3.28. The highest BCUT2D eigenvalue weighted by Crippen LogP contribution is 2.15. The van der Waals surface area contributed by atoms with Crippen molar-refractivity contribution in [3.8, 4) is 0 Å². The van der Waals surface area contributed by atoms with Gasteiger partial charge in [0.05, 0.1) is 19.5 Å². The Hall–Kier alpha value is -3.28. The number of nitrogens with zero attached hydrogens (tertiary/aromatic N) is 3. The molecule has 0 saturated heterocycles. The summed E-state index contributed by atoms with van der Waals surface area (Å²) < 4.78 is 12.4. The van der Waals surface area contributed by atoms with Gasteiger partial charge in [0.25, 0.3) is 5.56 Å². The predicted molar refractivity (Wildman–Crippen MR) is 125 cm³/mol. The van der Waals surface area contributed by atoms with Crippen molar-refractivity contribution in [1.82, 2.24) is 19.5 Å². The van der Waals surface area contributed by atoms with Gasteiger partial charge < -0.3 is 30.3 Å². The summed E-state index contributed by atoms with van der Waals surface area (Å²) in [5.74, 6) is -1.22. The van der Waals surface area contributed by atoms with E-state index in [1.54, 1.807) is 4.57 Å². The number of carbonyl (C=O) groups is 3. The molecule has 5 N–H and O–H groups in total. The molecule has 2 aromatic rings. The maximum absolute atomic E-state index is 12.2. The zero-order valence-corrected chi connectivity index (χ0v) is 19.9. The van der Waals surface area contributed by atoms with E-state index < -0.39 is 23.5 Å². The largest absolute Gasteiger partial charge is 0.465 e. The maximum Gasteiger partial charge on any atom is 0.323 e. The van der Waals surface area contributed by atoms with Crippen molar-refractivity contribution in [2.45, 2.75) is 65.5 Å². The third-order valence-electron chi connectivity index (χ3n) is 5.64. The van der Waals surface area contributed by atoms with E-state index in [9.17, 15) is 19.2 Å². The molecule has 0 spiro atoms. The first-order valence-corrected chi connectivity index (χ1v) is 11.4. The van der Waals surface area contributed by atoms with E-state index in [0.29, 0.717) is 31.5 Å². The number of ether oxygens (including phenoxy) is 2. The third kappa shape index (κ3) is 7.94. The van der Waals surface area contributed by atoms with E-state index in [2.05, 4.69) is 15.0 Å². The van der Waals surface area contributed by atoms with Crippen LogP contribution in [0.5, 0.6) is 0 Å². The molecule has 12 heteroatoms. The van der Waals surface area contributed by atoms with Crippen LogP contribution < -0.4 is 17.0 Å². The number of rotatable bonds is 14. The monoisotopic (exact) mass is 478 g/mol. The summed E-state index contributed by atoms with van der Waals surface area (Å²) in [4.78, 5) is 58.0. The van der Waals surface area contributed by atoms with Crippen molar-refractivity contribution < 1.29 is 23.9 Å². The van der Waals surface area contributed by atoms with Crippen LogP contribution in [0, 0.1) is 11.8 Å². The number of Topliss-reactive ketones (excluding diaryl/α,β-unsaturated/α-hetero) is 1. The lowest BCUT2D eigenvalue weighted by Gasteiger charge is -2.20. The van der Waals surface area contributed by atoms with Crippen LogP contribution in [0.4, 0.5) is 5.95 Å². The molecular weight excluding hydrogens is 444 g/mol. The number of hydrogen-bond acceptors (Lipinski definition) is 10. The molecule has 0 aliphatic rings. The van der Waals surface area contributed by atoms with E-state index in [4.69, 9.17) is 20.9 Å². The number of nitrogen functional groups attached to an aromatic ring is 1. The summed E-state index contributed by atoms with van der Waals surface area (Å²) in [6.45, 7) is 5.72. The van der Waals surface area contributed by atoms with Gasteiger partial charge in [-0.2, -0.15) is 4.98 Å². The predicted octanol–water partition coefficient (Wildman–Crippen LogP) is 0.927. The fourth-order valence-electron chi connectivity index (χ4n) is 3.28. The number of hydrogen-bond donors (Lipinski definition) is 3. The Labute approximate surface area is 197 Å². The molecule has 0 aliphatic heterocycles. The van der Waals surface area contributed by atoms with Crippen LogP contribution in [-0.2, 0) is 30.4 Å². The van der Waals surface area contributed by atoms with E-state index in [-0.39, 0.29) is 48.7 Å². The van der Waals surface area contributed by atoms with Gasteiger partial charge in [0, 0.05) is 25.3 Å². The summed E-state index contributed by atoms with van der Waals surface area (Å²) in [6.07, 6.45) is 3.44. The number of carbonyl (C=O) groups excluding carboxylic acids is 3. The van der Waals surface area contributed by atoms with Crippen LogP contribution in [0.1, 0.15) is 52.9 Å². The quantitative estimate of drug-likeness (QED) is 0.330. The highest BCUT2D eigenvalue weighted by molar-refractivity contribution is 5.76. The van der Waals surface area contributed by atoms with Crippen LogP contribution >= 0.6 is 0 Å². The SMILES string of the molecule is CC[C@H](C)[C@H](N)C(=O)OCC[C@@H](COC(=O)CCCC(C)=O)Cn1cnc2c(=O)[nH]c(N)nc21. The Bertz CT molecular complexity index is 1050. The van der Waals surface area contributed by atoms with Crippen molar-refractivity contribution in [2.24, 2.45) is 17.6 Å². The van der Waals surface area contributed by atoms with Crippen LogP contribution in [0.3, 0.4) is 0 Å². The number of fused-ring (bicyclic) bond motifs is 1. The molecule has 0 unspecified atom stereocenters. The number of aromatic amines is 1. The molecule has 0 fully saturated rings. The maximum atomic E-state index is 12.2. The van der Waals surface area contributed by atoms with E-state index in [0.717, 1.165) is 6.42 Å². The average Bonchev–Trinajstić information content (AvgIpc) is 3.18. The molecule has 0 bridgehead atoms. The topological polar surface area (TPSA) is 185 Å². The molecule has 0 aromatic carbocycles. The summed E-state index contributed by atoms with van der Waals surface area (Å²) in [5.41, 5.74) is 11.6. The molecule has 2 rings (SSSR count). The van der Waals surface area contributed by atoms with E-state index in [1.807, 2.05) is 13.8 Å². The summed E-state index contributed by atoms with van der Waals surface area (Å²) in [5, 5.41) is 0. The van der Waals surface area contributed by atoms with Crippen LogP contribution in [-0.4, -0.2) is 56.5 Å². The molecule has 188 valence electrons. The zero-order chi connectivity index (χ0) is 25.3. The summed E-state index contributed by atoms with van der Waals surface area (Å²) in [6, 6.07) is -0.709. The smallest absolute Gasteiger partial charge is 0.323 e. The molecule has 2 heterocycles.